The number of hydrogen-bond acceptors (Lipinski definition) is 3. The molecule has 0 saturated carbocycles. The van der Waals surface area contributed by atoms with Gasteiger partial charge in [0.1, 0.15) is 11.7 Å². The van der Waals surface area contributed by atoms with Crippen molar-refractivity contribution in [3.8, 4) is 0 Å². The van der Waals surface area contributed by atoms with E-state index in [4.69, 9.17) is 4.99 Å². The molecule has 1 atom stereocenters. The van der Waals surface area contributed by atoms with Crippen molar-refractivity contribution in [2.24, 2.45) is 10.9 Å². The Balaban J connectivity index is 1.85. The van der Waals surface area contributed by atoms with Crippen LogP contribution in [0.4, 0.5) is 0 Å². The molecule has 1 fully saturated rings. The van der Waals surface area contributed by atoms with Gasteiger partial charge in [-0.25, -0.2) is 9.67 Å². The molecule has 0 aliphatic carbocycles. The van der Waals surface area contributed by atoms with Crippen LogP contribution in [0.3, 0.4) is 0 Å². The average molecular weight is 285 g/mol. The number of likely N-dealkylation sites (tertiary alicyclic amines) is 1. The molecule has 1 aliphatic rings. The van der Waals surface area contributed by atoms with Gasteiger partial charge in [-0.15, -0.1) is 5.10 Å². The molecule has 21 heavy (non-hydrogen) atoms. The molecule has 0 N–H and O–H groups in total. The monoisotopic (exact) mass is 285 g/mol. The lowest BCUT2D eigenvalue weighted by Gasteiger charge is -2.25. The molecule has 1 aromatic carbocycles. The Morgan fingerprint density at radius 1 is 1.14 bits per heavy atom. The predicted octanol–water partition coefficient (Wildman–Crippen LogP) is 3.10. The average Bonchev–Trinajstić information content (AvgIpc) is 2.92. The van der Waals surface area contributed by atoms with Crippen molar-refractivity contribution in [1.29, 1.82) is 0 Å². The van der Waals surface area contributed by atoms with Crippen molar-refractivity contribution < 1.29 is 0 Å². The Labute approximate surface area is 125 Å². The summed E-state index contributed by atoms with van der Waals surface area (Å²) in [6.07, 6.45) is 5.89. The highest BCUT2D eigenvalue weighted by Crippen LogP contribution is 2.23. The number of hydrogen-bond donors (Lipinski definition) is 0. The zero-order chi connectivity index (χ0) is 14.7. The summed E-state index contributed by atoms with van der Waals surface area (Å²) in [6, 6.07) is 8.06. The molecule has 5 nitrogen and oxygen atoms in total. The van der Waals surface area contributed by atoms with Crippen LogP contribution >= 0.6 is 0 Å². The lowest BCUT2D eigenvalue weighted by Crippen LogP contribution is -2.29. The SMILES string of the molecule is CC(C)C(N=CN1CCCCC1)n1nnc2ccccc21. The molecular weight excluding hydrogens is 262 g/mol. The topological polar surface area (TPSA) is 46.3 Å². The fourth-order valence-corrected chi connectivity index (χ4v) is 2.80. The quantitative estimate of drug-likeness (QED) is 0.640. The van der Waals surface area contributed by atoms with Crippen molar-refractivity contribution in [3.63, 3.8) is 0 Å². The first-order valence-electron chi connectivity index (χ1n) is 7.83. The van der Waals surface area contributed by atoms with Crippen molar-refractivity contribution in [3.05, 3.63) is 24.3 Å². The summed E-state index contributed by atoms with van der Waals surface area (Å²) in [5.41, 5.74) is 1.98. The summed E-state index contributed by atoms with van der Waals surface area (Å²) >= 11 is 0. The Bertz CT molecular complexity index is 610. The summed E-state index contributed by atoms with van der Waals surface area (Å²) in [7, 11) is 0. The smallest absolute Gasteiger partial charge is 0.147 e. The Kier molecular flexibility index (Phi) is 4.18. The molecular formula is C16H23N5. The molecule has 1 aliphatic heterocycles. The van der Waals surface area contributed by atoms with E-state index in [9.17, 15) is 0 Å². The van der Waals surface area contributed by atoms with Crippen LogP contribution in [0.1, 0.15) is 39.3 Å². The van der Waals surface area contributed by atoms with E-state index < -0.39 is 0 Å². The lowest BCUT2D eigenvalue weighted by molar-refractivity contribution is 0.331. The third-order valence-corrected chi connectivity index (χ3v) is 4.00. The number of rotatable bonds is 4. The number of piperidine rings is 1. The van der Waals surface area contributed by atoms with Gasteiger partial charge in [0.15, 0.2) is 0 Å². The van der Waals surface area contributed by atoms with Gasteiger partial charge >= 0.3 is 0 Å². The molecule has 3 rings (SSSR count). The maximum Gasteiger partial charge on any atom is 0.147 e. The van der Waals surface area contributed by atoms with E-state index >= 15 is 0 Å². The maximum absolute atomic E-state index is 4.80. The highest BCUT2D eigenvalue weighted by atomic mass is 15.5. The molecule has 1 saturated heterocycles. The molecule has 0 bridgehead atoms. The van der Waals surface area contributed by atoms with Gasteiger partial charge in [0.05, 0.1) is 11.9 Å². The minimum Gasteiger partial charge on any atom is -0.363 e. The molecule has 1 aromatic heterocycles. The zero-order valence-corrected chi connectivity index (χ0v) is 12.8. The van der Waals surface area contributed by atoms with Crippen LogP contribution in [0.5, 0.6) is 0 Å². The largest absolute Gasteiger partial charge is 0.363 e. The molecule has 0 spiro atoms. The van der Waals surface area contributed by atoms with Crippen LogP contribution in [0.15, 0.2) is 29.3 Å². The third kappa shape index (κ3) is 3.06. The zero-order valence-electron chi connectivity index (χ0n) is 12.8. The first-order valence-corrected chi connectivity index (χ1v) is 7.83. The van der Waals surface area contributed by atoms with E-state index in [1.54, 1.807) is 0 Å². The van der Waals surface area contributed by atoms with E-state index in [1.807, 2.05) is 29.2 Å². The molecule has 2 heterocycles. The number of aromatic nitrogens is 3. The molecule has 112 valence electrons. The van der Waals surface area contributed by atoms with E-state index in [1.165, 1.54) is 19.3 Å². The van der Waals surface area contributed by atoms with E-state index in [0.29, 0.717) is 5.92 Å². The third-order valence-electron chi connectivity index (χ3n) is 4.00. The van der Waals surface area contributed by atoms with Crippen LogP contribution in [-0.2, 0) is 0 Å². The highest BCUT2D eigenvalue weighted by molar-refractivity contribution is 5.74. The summed E-state index contributed by atoms with van der Waals surface area (Å²) < 4.78 is 1.94. The first kappa shape index (κ1) is 14.0. The van der Waals surface area contributed by atoms with Crippen LogP contribution in [0.2, 0.25) is 0 Å². The van der Waals surface area contributed by atoms with E-state index in [2.05, 4.69) is 35.1 Å². The van der Waals surface area contributed by atoms with Crippen molar-refractivity contribution in [2.45, 2.75) is 39.3 Å². The second-order valence-corrected chi connectivity index (χ2v) is 6.04. The predicted molar refractivity (Wildman–Crippen MR) is 85.3 cm³/mol. The first-order chi connectivity index (χ1) is 10.3. The summed E-state index contributed by atoms with van der Waals surface area (Å²) in [6.45, 7) is 6.59. The number of para-hydroxylation sites is 1. The van der Waals surface area contributed by atoms with Gasteiger partial charge < -0.3 is 4.90 Å². The van der Waals surface area contributed by atoms with Crippen LogP contribution in [0.25, 0.3) is 11.0 Å². The lowest BCUT2D eigenvalue weighted by atomic mass is 10.1. The molecule has 5 heteroatoms. The molecule has 2 aromatic rings. The number of fused-ring (bicyclic) bond motifs is 1. The minimum atomic E-state index is -0.000624. The van der Waals surface area contributed by atoms with Gasteiger partial charge in [-0.1, -0.05) is 31.2 Å². The van der Waals surface area contributed by atoms with Gasteiger partial charge in [0, 0.05) is 13.1 Å². The van der Waals surface area contributed by atoms with Crippen LogP contribution in [0, 0.1) is 5.92 Å². The fourth-order valence-electron chi connectivity index (χ4n) is 2.80. The fraction of sp³-hybridized carbons (Fsp3) is 0.562. The summed E-state index contributed by atoms with van der Waals surface area (Å²) in [5.74, 6) is 0.371. The van der Waals surface area contributed by atoms with Crippen molar-refractivity contribution >= 4 is 17.4 Å². The molecule has 0 radical (unpaired) electrons. The second kappa shape index (κ2) is 6.24. The number of benzene rings is 1. The highest BCUT2D eigenvalue weighted by Gasteiger charge is 2.18. The van der Waals surface area contributed by atoms with Gasteiger partial charge in [-0.2, -0.15) is 0 Å². The normalized spacial score (nSPS) is 18.0. The summed E-state index contributed by atoms with van der Waals surface area (Å²) in [5, 5.41) is 8.56. The van der Waals surface area contributed by atoms with Gasteiger partial charge in [-0.05, 0) is 37.3 Å². The van der Waals surface area contributed by atoms with Crippen molar-refractivity contribution in [2.75, 3.05) is 13.1 Å². The van der Waals surface area contributed by atoms with Gasteiger partial charge in [-0.3, -0.25) is 0 Å². The Hall–Kier alpha value is -1.91. The van der Waals surface area contributed by atoms with Crippen molar-refractivity contribution in [1.82, 2.24) is 19.9 Å². The number of nitrogens with zero attached hydrogens (tertiary/aromatic N) is 5. The number of aliphatic imine (C=N–C) groups is 1. The van der Waals surface area contributed by atoms with Crippen LogP contribution < -0.4 is 0 Å². The maximum atomic E-state index is 4.80. The standard InChI is InChI=1S/C16H23N5/c1-13(2)16(17-12-20-10-6-3-7-11-20)21-15-9-5-4-8-14(15)18-19-21/h4-5,8-9,12-13,16H,3,6-7,10-11H2,1-2H3. The van der Waals surface area contributed by atoms with Gasteiger partial charge in [0.25, 0.3) is 0 Å². The van der Waals surface area contributed by atoms with Gasteiger partial charge in [0.2, 0.25) is 0 Å². The molecule has 1 unspecified atom stereocenters. The Morgan fingerprint density at radius 3 is 2.67 bits per heavy atom. The minimum absolute atomic E-state index is 0.000624. The van der Waals surface area contributed by atoms with E-state index in [0.717, 1.165) is 24.1 Å². The molecule has 0 amide bonds. The summed E-state index contributed by atoms with van der Waals surface area (Å²) in [4.78, 5) is 7.12. The van der Waals surface area contributed by atoms with E-state index in [-0.39, 0.29) is 6.17 Å². The van der Waals surface area contributed by atoms with Crippen LogP contribution in [-0.4, -0.2) is 39.3 Å². The second-order valence-electron chi connectivity index (χ2n) is 6.04. The Morgan fingerprint density at radius 2 is 1.90 bits per heavy atom.